The van der Waals surface area contributed by atoms with Gasteiger partial charge in [0.1, 0.15) is 29.6 Å². The van der Waals surface area contributed by atoms with Gasteiger partial charge in [-0.1, -0.05) is 16.5 Å². The Kier molecular flexibility index (Phi) is 3.62. The molecule has 0 saturated carbocycles. The van der Waals surface area contributed by atoms with E-state index in [2.05, 4.69) is 20.5 Å². The molecule has 4 aromatic rings. The van der Waals surface area contributed by atoms with Crippen LogP contribution < -0.4 is 9.47 Å². The number of nitrogens with zero attached hydrogens (tertiary/aromatic N) is 5. The van der Waals surface area contributed by atoms with Gasteiger partial charge in [0.15, 0.2) is 10.8 Å². The molecule has 1 aromatic carbocycles. The molecule has 9 heteroatoms. The van der Waals surface area contributed by atoms with E-state index in [-0.39, 0.29) is 6.61 Å². The van der Waals surface area contributed by atoms with E-state index in [1.54, 1.807) is 11.6 Å². The molecule has 0 aliphatic heterocycles. The Bertz CT molecular complexity index is 973. The molecule has 3 aromatic heterocycles. The van der Waals surface area contributed by atoms with Crippen LogP contribution in [0.25, 0.3) is 15.7 Å². The van der Waals surface area contributed by atoms with Crippen LogP contribution in [0.15, 0.2) is 34.9 Å². The Balaban J connectivity index is 1.54. The molecule has 0 unspecified atom stereocenters. The van der Waals surface area contributed by atoms with Crippen molar-refractivity contribution in [1.82, 2.24) is 25.0 Å². The number of ether oxygens (including phenoxy) is 2. The molecular weight excluding hydrogens is 330 g/mol. The molecule has 0 radical (unpaired) electrons. The fourth-order valence-corrected chi connectivity index (χ4v) is 2.95. The molecule has 0 N–H and O–H groups in total. The minimum Gasteiger partial charge on any atom is -0.497 e. The molecule has 0 fully saturated rings. The zero-order chi connectivity index (χ0) is 16.5. The van der Waals surface area contributed by atoms with Crippen LogP contribution in [0.1, 0.15) is 11.6 Å². The van der Waals surface area contributed by atoms with Gasteiger partial charge in [0.05, 0.1) is 7.11 Å². The van der Waals surface area contributed by atoms with E-state index in [9.17, 15) is 0 Å². The topological polar surface area (TPSA) is 87.6 Å². The van der Waals surface area contributed by atoms with Crippen molar-refractivity contribution in [2.45, 2.75) is 13.5 Å². The van der Waals surface area contributed by atoms with Gasteiger partial charge < -0.3 is 14.0 Å². The van der Waals surface area contributed by atoms with Crippen LogP contribution in [-0.4, -0.2) is 32.1 Å². The number of aryl methyl sites for hydroxylation is 1. The number of aromatic nitrogens is 5. The summed E-state index contributed by atoms with van der Waals surface area (Å²) in [6.07, 6.45) is 0. The van der Waals surface area contributed by atoms with Gasteiger partial charge in [0, 0.05) is 6.07 Å². The minimum atomic E-state index is 0.258. The van der Waals surface area contributed by atoms with E-state index >= 15 is 0 Å². The highest BCUT2D eigenvalue weighted by Gasteiger charge is 2.15. The van der Waals surface area contributed by atoms with Gasteiger partial charge in [-0.15, -0.1) is 10.2 Å². The Morgan fingerprint density at radius 1 is 1.17 bits per heavy atom. The lowest BCUT2D eigenvalue weighted by Crippen LogP contribution is -2.02. The molecule has 3 heterocycles. The maximum Gasteiger partial charge on any atom is 0.235 e. The predicted molar refractivity (Wildman–Crippen MR) is 86.2 cm³/mol. The molecular formula is C15H13N5O3S. The molecule has 4 rings (SSSR count). The minimum absolute atomic E-state index is 0.258. The molecule has 0 aliphatic carbocycles. The first kappa shape index (κ1) is 14.6. The quantitative estimate of drug-likeness (QED) is 0.550. The Morgan fingerprint density at radius 2 is 1.96 bits per heavy atom. The zero-order valence-corrected chi connectivity index (χ0v) is 13.8. The van der Waals surface area contributed by atoms with Crippen LogP contribution >= 0.6 is 11.3 Å². The first-order valence-electron chi connectivity index (χ1n) is 7.14. The number of hydrogen-bond acceptors (Lipinski definition) is 8. The van der Waals surface area contributed by atoms with Gasteiger partial charge in [-0.3, -0.25) is 0 Å². The molecule has 0 aliphatic rings. The number of rotatable bonds is 5. The lowest BCUT2D eigenvalue weighted by molar-refractivity contribution is 0.292. The molecule has 0 saturated heterocycles. The second kappa shape index (κ2) is 5.93. The first-order valence-corrected chi connectivity index (χ1v) is 7.96. The zero-order valence-electron chi connectivity index (χ0n) is 13.0. The van der Waals surface area contributed by atoms with Crippen molar-refractivity contribution in [3.05, 3.63) is 41.9 Å². The standard InChI is InChI=1S/C15H13N5O3S/c1-9-7-12(19-23-9)14-18-20-13(16-17-15(20)24-14)8-22-11-5-3-10(21-2)4-6-11/h3-7H,8H2,1-2H3. The summed E-state index contributed by atoms with van der Waals surface area (Å²) in [5.74, 6) is 2.84. The van der Waals surface area contributed by atoms with Crippen LogP contribution in [0.4, 0.5) is 0 Å². The molecule has 8 nitrogen and oxygen atoms in total. The summed E-state index contributed by atoms with van der Waals surface area (Å²) >= 11 is 1.39. The third-order valence-corrected chi connectivity index (χ3v) is 4.25. The summed E-state index contributed by atoms with van der Waals surface area (Å²) in [6, 6.07) is 9.17. The molecule has 122 valence electrons. The van der Waals surface area contributed by atoms with Gasteiger partial charge in [-0.25, -0.2) is 0 Å². The van der Waals surface area contributed by atoms with Gasteiger partial charge in [-0.2, -0.15) is 9.61 Å². The van der Waals surface area contributed by atoms with Crippen LogP contribution in [-0.2, 0) is 6.61 Å². The van der Waals surface area contributed by atoms with Crippen molar-refractivity contribution < 1.29 is 14.0 Å². The van der Waals surface area contributed by atoms with Gasteiger partial charge in [0.2, 0.25) is 4.96 Å². The number of methoxy groups -OCH3 is 1. The number of fused-ring (bicyclic) bond motifs is 1. The fraction of sp³-hybridized carbons (Fsp3) is 0.200. The Morgan fingerprint density at radius 3 is 2.67 bits per heavy atom. The first-order chi connectivity index (χ1) is 11.7. The third-order valence-electron chi connectivity index (χ3n) is 3.33. The molecule has 24 heavy (non-hydrogen) atoms. The summed E-state index contributed by atoms with van der Waals surface area (Å²) in [5.41, 5.74) is 0.685. The van der Waals surface area contributed by atoms with E-state index in [4.69, 9.17) is 14.0 Å². The second-order valence-corrected chi connectivity index (χ2v) is 5.96. The van der Waals surface area contributed by atoms with Crippen LogP contribution in [0.5, 0.6) is 11.5 Å². The van der Waals surface area contributed by atoms with E-state index in [0.717, 1.165) is 22.3 Å². The van der Waals surface area contributed by atoms with Crippen LogP contribution in [0.3, 0.4) is 0 Å². The Labute approximate surface area is 140 Å². The SMILES string of the molecule is COc1ccc(OCc2nnc3sc(-c4cc(C)on4)nn23)cc1. The largest absolute Gasteiger partial charge is 0.497 e. The number of benzene rings is 1. The summed E-state index contributed by atoms with van der Waals surface area (Å²) in [5, 5.41) is 17.4. The van der Waals surface area contributed by atoms with Crippen molar-refractivity contribution in [2.24, 2.45) is 0 Å². The van der Waals surface area contributed by atoms with E-state index in [1.807, 2.05) is 37.3 Å². The summed E-state index contributed by atoms with van der Waals surface area (Å²) in [6.45, 7) is 2.10. The second-order valence-electron chi connectivity index (χ2n) is 5.00. The Hall–Kier alpha value is -2.94. The number of hydrogen-bond donors (Lipinski definition) is 0. The van der Waals surface area contributed by atoms with Crippen molar-refractivity contribution in [3.8, 4) is 22.2 Å². The summed E-state index contributed by atoms with van der Waals surface area (Å²) in [4.78, 5) is 0.680. The highest BCUT2D eigenvalue weighted by molar-refractivity contribution is 7.19. The monoisotopic (exact) mass is 343 g/mol. The average Bonchev–Trinajstić information content (AvgIpc) is 3.29. The summed E-state index contributed by atoms with van der Waals surface area (Å²) < 4.78 is 17.6. The van der Waals surface area contributed by atoms with Gasteiger partial charge >= 0.3 is 0 Å². The maximum absolute atomic E-state index is 5.73. The normalized spacial score (nSPS) is 11.1. The van der Waals surface area contributed by atoms with Gasteiger partial charge in [0.25, 0.3) is 0 Å². The van der Waals surface area contributed by atoms with Crippen LogP contribution in [0, 0.1) is 6.92 Å². The van der Waals surface area contributed by atoms with Crippen LogP contribution in [0.2, 0.25) is 0 Å². The van der Waals surface area contributed by atoms with Crippen molar-refractivity contribution in [2.75, 3.05) is 7.11 Å². The van der Waals surface area contributed by atoms with Crippen molar-refractivity contribution in [3.63, 3.8) is 0 Å². The lowest BCUT2D eigenvalue weighted by atomic mass is 10.3. The summed E-state index contributed by atoms with van der Waals surface area (Å²) in [7, 11) is 1.62. The highest BCUT2D eigenvalue weighted by atomic mass is 32.1. The predicted octanol–water partition coefficient (Wildman–Crippen LogP) is 2.74. The molecule has 0 spiro atoms. The smallest absolute Gasteiger partial charge is 0.235 e. The maximum atomic E-state index is 5.73. The molecule has 0 amide bonds. The van der Waals surface area contributed by atoms with E-state index < -0.39 is 0 Å². The lowest BCUT2D eigenvalue weighted by Gasteiger charge is -2.05. The molecule has 0 atom stereocenters. The highest BCUT2D eigenvalue weighted by Crippen LogP contribution is 2.25. The van der Waals surface area contributed by atoms with E-state index in [0.29, 0.717) is 16.5 Å². The third kappa shape index (κ3) is 2.69. The van der Waals surface area contributed by atoms with Crippen molar-refractivity contribution in [1.29, 1.82) is 0 Å². The van der Waals surface area contributed by atoms with Gasteiger partial charge in [-0.05, 0) is 31.2 Å². The average molecular weight is 343 g/mol. The fourth-order valence-electron chi connectivity index (χ4n) is 2.14. The molecule has 0 bridgehead atoms. The van der Waals surface area contributed by atoms with Crippen molar-refractivity contribution >= 4 is 16.3 Å². The van der Waals surface area contributed by atoms with E-state index in [1.165, 1.54) is 11.3 Å².